The zero-order valence-corrected chi connectivity index (χ0v) is 14.1. The Labute approximate surface area is 133 Å². The topological polar surface area (TPSA) is 49.9 Å². The van der Waals surface area contributed by atoms with Crippen molar-refractivity contribution in [3.8, 4) is 5.75 Å². The first-order chi connectivity index (χ1) is 10.4. The summed E-state index contributed by atoms with van der Waals surface area (Å²) in [5.41, 5.74) is 2.58. The van der Waals surface area contributed by atoms with Crippen LogP contribution >= 0.6 is 0 Å². The number of fused-ring (bicyclic) bond motifs is 1. The van der Waals surface area contributed by atoms with E-state index in [1.165, 1.54) is 17.5 Å². The van der Waals surface area contributed by atoms with Crippen LogP contribution in [0.4, 0.5) is 0 Å². The van der Waals surface area contributed by atoms with Gasteiger partial charge in [-0.1, -0.05) is 6.07 Å². The van der Waals surface area contributed by atoms with Crippen molar-refractivity contribution < 1.29 is 12.6 Å². The molecule has 2 aliphatic rings. The van der Waals surface area contributed by atoms with Crippen molar-refractivity contribution in [3.63, 3.8) is 0 Å². The molecular formula is C16H24N2O3S. The maximum Gasteiger partial charge on any atom is 0.306 e. The third-order valence-electron chi connectivity index (χ3n) is 4.63. The van der Waals surface area contributed by atoms with Gasteiger partial charge in [-0.25, -0.2) is 0 Å². The summed E-state index contributed by atoms with van der Waals surface area (Å²) < 4.78 is 27.8. The average molecular weight is 324 g/mol. The minimum atomic E-state index is -3.47. The number of nitrogens with zero attached hydrogens (tertiary/aromatic N) is 2. The van der Waals surface area contributed by atoms with Crippen molar-refractivity contribution in [1.82, 2.24) is 9.80 Å². The van der Waals surface area contributed by atoms with Crippen LogP contribution in [0.25, 0.3) is 0 Å². The molecule has 1 atom stereocenters. The Kier molecular flexibility index (Phi) is 4.43. The van der Waals surface area contributed by atoms with Crippen molar-refractivity contribution in [1.29, 1.82) is 0 Å². The first-order valence-electron chi connectivity index (χ1n) is 7.87. The lowest BCUT2D eigenvalue weighted by Gasteiger charge is -2.40. The van der Waals surface area contributed by atoms with Crippen molar-refractivity contribution in [2.75, 3.05) is 39.5 Å². The molecule has 3 rings (SSSR count). The van der Waals surface area contributed by atoms with Crippen molar-refractivity contribution in [3.05, 3.63) is 29.3 Å². The number of hydrogen-bond acceptors (Lipinski definition) is 5. The summed E-state index contributed by atoms with van der Waals surface area (Å²) in [5, 5.41) is 0. The maximum atomic E-state index is 11.3. The molecule has 1 unspecified atom stereocenters. The lowest BCUT2D eigenvalue weighted by Crippen LogP contribution is -2.46. The van der Waals surface area contributed by atoms with Crippen molar-refractivity contribution >= 4 is 10.1 Å². The average Bonchev–Trinajstić information content (AvgIpc) is 2.46. The van der Waals surface area contributed by atoms with Crippen LogP contribution in [0.2, 0.25) is 0 Å². The van der Waals surface area contributed by atoms with Gasteiger partial charge in [-0.2, -0.15) is 8.42 Å². The summed E-state index contributed by atoms with van der Waals surface area (Å²) in [7, 11) is -1.32. The largest absolute Gasteiger partial charge is 0.383 e. The van der Waals surface area contributed by atoms with Gasteiger partial charge in [0, 0.05) is 32.2 Å². The van der Waals surface area contributed by atoms with Gasteiger partial charge in [0.05, 0.1) is 6.26 Å². The van der Waals surface area contributed by atoms with Crippen LogP contribution in [0.1, 0.15) is 30.0 Å². The highest BCUT2D eigenvalue weighted by Gasteiger charge is 2.28. The van der Waals surface area contributed by atoms with Gasteiger partial charge in [-0.15, -0.1) is 0 Å². The minimum absolute atomic E-state index is 0.389. The monoisotopic (exact) mass is 324 g/mol. The van der Waals surface area contributed by atoms with Crippen molar-refractivity contribution in [2.45, 2.75) is 25.3 Å². The van der Waals surface area contributed by atoms with Gasteiger partial charge in [0.2, 0.25) is 0 Å². The first kappa shape index (κ1) is 15.8. The third kappa shape index (κ3) is 3.62. The quantitative estimate of drug-likeness (QED) is 0.791. The zero-order chi connectivity index (χ0) is 15.7. The number of piperazine rings is 1. The molecule has 1 saturated heterocycles. The molecule has 6 heteroatoms. The summed E-state index contributed by atoms with van der Waals surface area (Å²) in [4.78, 5) is 4.88. The molecule has 0 aromatic heterocycles. The molecule has 0 N–H and O–H groups in total. The lowest BCUT2D eigenvalue weighted by molar-refractivity contribution is 0.102. The van der Waals surface area contributed by atoms with E-state index in [-0.39, 0.29) is 0 Å². The first-order valence-corrected chi connectivity index (χ1v) is 9.69. The Balaban J connectivity index is 1.86. The predicted molar refractivity (Wildman–Crippen MR) is 86.7 cm³/mol. The molecule has 0 saturated carbocycles. The molecular weight excluding hydrogens is 300 g/mol. The smallest absolute Gasteiger partial charge is 0.306 e. The summed E-state index contributed by atoms with van der Waals surface area (Å²) in [6.07, 6.45) is 4.48. The molecule has 1 heterocycles. The normalized spacial score (nSPS) is 24.0. The van der Waals surface area contributed by atoms with E-state index in [9.17, 15) is 8.42 Å². The molecule has 122 valence electrons. The van der Waals surface area contributed by atoms with E-state index in [4.69, 9.17) is 4.18 Å². The standard InChI is InChI=1S/C16H24N2O3S/c1-17-8-10-18(11-9-17)16-5-3-4-13-6-7-14(12-15(13)16)21-22(2,19)20/h6-7,12,16H,3-5,8-11H2,1-2H3. The van der Waals surface area contributed by atoms with Gasteiger partial charge in [0.15, 0.2) is 0 Å². The van der Waals surface area contributed by atoms with Gasteiger partial charge < -0.3 is 9.08 Å². The molecule has 0 amide bonds. The van der Waals surface area contributed by atoms with E-state index >= 15 is 0 Å². The molecule has 22 heavy (non-hydrogen) atoms. The SMILES string of the molecule is CN1CCN(C2CCCc3ccc(OS(C)(=O)=O)cc32)CC1. The van der Waals surface area contributed by atoms with Crippen molar-refractivity contribution in [2.24, 2.45) is 0 Å². The van der Waals surface area contributed by atoms with Crippen LogP contribution in [0.3, 0.4) is 0 Å². The van der Waals surface area contributed by atoms with Gasteiger partial charge in [0.25, 0.3) is 0 Å². The second-order valence-corrected chi connectivity index (χ2v) is 7.97. The van der Waals surface area contributed by atoms with E-state index in [0.29, 0.717) is 11.8 Å². The number of benzene rings is 1. The second-order valence-electron chi connectivity index (χ2n) is 6.40. The maximum absolute atomic E-state index is 11.3. The highest BCUT2D eigenvalue weighted by molar-refractivity contribution is 7.86. The lowest BCUT2D eigenvalue weighted by atomic mass is 9.86. The van der Waals surface area contributed by atoms with Crippen LogP contribution in [0.15, 0.2) is 18.2 Å². The molecule has 1 fully saturated rings. The third-order valence-corrected chi connectivity index (χ3v) is 5.12. The Hall–Kier alpha value is -1.11. The Morgan fingerprint density at radius 2 is 1.91 bits per heavy atom. The molecule has 5 nitrogen and oxygen atoms in total. The number of likely N-dealkylation sites (N-methyl/N-ethyl adjacent to an activating group) is 1. The highest BCUT2D eigenvalue weighted by atomic mass is 32.2. The van der Waals surface area contributed by atoms with Crippen LogP contribution in [0, 0.1) is 0 Å². The van der Waals surface area contributed by atoms with E-state index in [1.807, 2.05) is 12.1 Å². The number of rotatable bonds is 3. The number of hydrogen-bond donors (Lipinski definition) is 0. The molecule has 1 aromatic carbocycles. The fourth-order valence-corrected chi connectivity index (χ4v) is 3.95. The highest BCUT2D eigenvalue weighted by Crippen LogP contribution is 2.36. The molecule has 0 bridgehead atoms. The Bertz CT molecular complexity index is 637. The summed E-state index contributed by atoms with van der Waals surface area (Å²) >= 11 is 0. The second kappa shape index (κ2) is 6.18. The summed E-state index contributed by atoms with van der Waals surface area (Å²) in [6.45, 7) is 4.31. The van der Waals surface area contributed by atoms with E-state index in [1.54, 1.807) is 6.07 Å². The fourth-order valence-electron chi connectivity index (χ4n) is 3.49. The van der Waals surface area contributed by atoms with E-state index < -0.39 is 10.1 Å². The molecule has 1 aromatic rings. The van der Waals surface area contributed by atoms with Gasteiger partial charge in [-0.3, -0.25) is 4.90 Å². The Morgan fingerprint density at radius 3 is 2.59 bits per heavy atom. The molecule has 1 aliphatic heterocycles. The number of aryl methyl sites for hydroxylation is 1. The van der Waals surface area contributed by atoms with Crippen LogP contribution in [-0.2, 0) is 16.5 Å². The predicted octanol–water partition coefficient (Wildman–Crippen LogP) is 1.65. The van der Waals surface area contributed by atoms with E-state index in [2.05, 4.69) is 16.8 Å². The summed E-state index contributed by atoms with van der Waals surface area (Å²) in [6, 6.07) is 6.11. The Morgan fingerprint density at radius 1 is 1.18 bits per heavy atom. The van der Waals surface area contributed by atoms with Gasteiger partial charge in [-0.05, 0) is 49.6 Å². The van der Waals surface area contributed by atoms with Crippen LogP contribution in [0.5, 0.6) is 5.75 Å². The fraction of sp³-hybridized carbons (Fsp3) is 0.625. The molecule has 0 spiro atoms. The van der Waals surface area contributed by atoms with Gasteiger partial charge >= 0.3 is 10.1 Å². The van der Waals surface area contributed by atoms with Crippen LogP contribution < -0.4 is 4.18 Å². The van der Waals surface area contributed by atoms with E-state index in [0.717, 1.165) is 45.3 Å². The molecule has 0 radical (unpaired) electrons. The van der Waals surface area contributed by atoms with Crippen LogP contribution in [-0.4, -0.2) is 57.7 Å². The van der Waals surface area contributed by atoms with Gasteiger partial charge in [0.1, 0.15) is 5.75 Å². The zero-order valence-electron chi connectivity index (χ0n) is 13.3. The summed E-state index contributed by atoms with van der Waals surface area (Å²) in [5.74, 6) is 0.433. The molecule has 1 aliphatic carbocycles. The minimum Gasteiger partial charge on any atom is -0.383 e.